The first-order valence-electron chi connectivity index (χ1n) is 23.0. The zero-order valence-corrected chi connectivity index (χ0v) is 40.7. The number of hydrogen-bond acceptors (Lipinski definition) is 16. The monoisotopic (exact) mass is 961 g/mol. The summed E-state index contributed by atoms with van der Waals surface area (Å²) in [7, 11) is 3.26. The molecule has 68 heavy (non-hydrogen) atoms. The Morgan fingerprint density at radius 1 is 0.691 bits per heavy atom. The Bertz CT molecular complexity index is 1740. The molecular formula is C48H76N6O14. The second kappa shape index (κ2) is 36.5. The summed E-state index contributed by atoms with van der Waals surface area (Å²) in [5.74, 6) is -1.41. The molecule has 2 aromatic carbocycles. The first kappa shape index (κ1) is 60.5. The second-order valence-electron chi connectivity index (χ2n) is 16.5. The first-order chi connectivity index (χ1) is 32.6. The third-order valence-corrected chi connectivity index (χ3v) is 9.68. The largest absolute Gasteiger partial charge is 0.444 e. The zero-order chi connectivity index (χ0) is 50.6. The van der Waals surface area contributed by atoms with Gasteiger partial charge in [-0.05, 0) is 77.0 Å². The average molecular weight is 961 g/mol. The Labute approximate surface area is 400 Å². The van der Waals surface area contributed by atoms with E-state index in [0.717, 1.165) is 30.4 Å². The van der Waals surface area contributed by atoms with Crippen LogP contribution in [-0.4, -0.2) is 140 Å². The molecular weight excluding hydrogens is 885 g/mol. The fourth-order valence-electron chi connectivity index (χ4n) is 6.22. The smallest absolute Gasteiger partial charge is 0.415 e. The van der Waals surface area contributed by atoms with Crippen molar-refractivity contribution in [1.82, 2.24) is 21.3 Å². The summed E-state index contributed by atoms with van der Waals surface area (Å²) in [4.78, 5) is 80.3. The highest BCUT2D eigenvalue weighted by Gasteiger charge is 2.33. The van der Waals surface area contributed by atoms with E-state index in [4.69, 9.17) is 35.2 Å². The Hall–Kier alpha value is -5.51. The van der Waals surface area contributed by atoms with Gasteiger partial charge in [0.1, 0.15) is 23.5 Å². The van der Waals surface area contributed by atoms with Crippen LogP contribution in [0.5, 0.6) is 0 Å². The molecule has 0 bridgehead atoms. The van der Waals surface area contributed by atoms with Gasteiger partial charge in [-0.15, -0.1) is 0 Å². The Balaban J connectivity index is 0.000000495. The van der Waals surface area contributed by atoms with Gasteiger partial charge >= 0.3 is 30.2 Å². The molecule has 2 heterocycles. The highest BCUT2D eigenvalue weighted by Crippen LogP contribution is 2.20. The number of Topliss-reactive ketones (excluding diaryl/α,β-unsaturated/α-hetero) is 1. The zero-order valence-electron chi connectivity index (χ0n) is 40.7. The van der Waals surface area contributed by atoms with E-state index in [1.54, 1.807) is 35.0 Å². The fourth-order valence-corrected chi connectivity index (χ4v) is 6.22. The molecule has 2 aromatic rings. The summed E-state index contributed by atoms with van der Waals surface area (Å²) in [6, 6.07) is 18.3. The number of benzene rings is 2. The molecule has 20 heteroatoms. The summed E-state index contributed by atoms with van der Waals surface area (Å²) in [5, 5.41) is 10.3. The van der Waals surface area contributed by atoms with Gasteiger partial charge in [0.2, 0.25) is 5.91 Å². The van der Waals surface area contributed by atoms with Crippen LogP contribution in [0.15, 0.2) is 60.7 Å². The minimum atomic E-state index is -0.717. The number of ether oxygens (including phenoxy) is 7. The van der Waals surface area contributed by atoms with Crippen LogP contribution < -0.4 is 32.7 Å². The van der Waals surface area contributed by atoms with Crippen molar-refractivity contribution in [2.75, 3.05) is 80.0 Å². The lowest BCUT2D eigenvalue weighted by Crippen LogP contribution is -2.35. The van der Waals surface area contributed by atoms with Crippen molar-refractivity contribution in [3.8, 4) is 0 Å². The van der Waals surface area contributed by atoms with Crippen molar-refractivity contribution in [3.05, 3.63) is 71.8 Å². The predicted octanol–water partition coefficient (Wildman–Crippen LogP) is 3.75. The molecule has 2 saturated heterocycles. The summed E-state index contributed by atoms with van der Waals surface area (Å²) in [5.41, 5.74) is 12.4. The van der Waals surface area contributed by atoms with E-state index in [2.05, 4.69) is 30.7 Å². The molecule has 2 fully saturated rings. The number of carbonyl (C=O) groups is 7. The molecule has 0 saturated carbocycles. The maximum atomic E-state index is 12.9. The normalized spacial score (nSPS) is 15.8. The van der Waals surface area contributed by atoms with Gasteiger partial charge < -0.3 is 65.9 Å². The molecule has 0 radical (unpaired) electrons. The number of amides is 4. The molecule has 382 valence electrons. The number of nitrogens with one attached hydrogen (secondary N) is 4. The lowest BCUT2D eigenvalue weighted by atomic mass is 9.86. The number of ketones is 1. The second-order valence-corrected chi connectivity index (χ2v) is 16.5. The molecule has 20 nitrogen and oxygen atoms in total. The number of rotatable bonds is 27. The maximum absolute atomic E-state index is 12.9. The lowest BCUT2D eigenvalue weighted by Gasteiger charge is -2.20. The van der Waals surface area contributed by atoms with Crippen LogP contribution in [0, 0.1) is 11.8 Å². The molecule has 2 aliphatic rings. The summed E-state index contributed by atoms with van der Waals surface area (Å²) >= 11 is 0. The molecule has 4 rings (SSSR count). The third kappa shape index (κ3) is 29.3. The number of nitrogens with two attached hydrogens (primary N) is 2. The number of cyclic esters (lactones) is 4. The fraction of sp³-hybridized carbons (Fsp3) is 0.604. The molecule has 0 aromatic heterocycles. The molecule has 2 aliphatic heterocycles. The minimum Gasteiger partial charge on any atom is -0.444 e. The van der Waals surface area contributed by atoms with Gasteiger partial charge in [0.05, 0.1) is 39.6 Å². The van der Waals surface area contributed by atoms with E-state index in [9.17, 15) is 33.6 Å². The molecule has 8 N–H and O–H groups in total. The van der Waals surface area contributed by atoms with Gasteiger partial charge in [-0.1, -0.05) is 67.6 Å². The highest BCUT2D eigenvalue weighted by atomic mass is 16.6. The lowest BCUT2D eigenvalue weighted by molar-refractivity contribution is -0.136. The van der Waals surface area contributed by atoms with Gasteiger partial charge in [0.15, 0.2) is 0 Å². The predicted molar refractivity (Wildman–Crippen MR) is 253 cm³/mol. The van der Waals surface area contributed by atoms with E-state index >= 15 is 0 Å². The standard InChI is InChI=1S/C22H36N2O4.C11H18N2O5.C10H9NO3.C5H13NO2/c1-3-19(16-18-8-5-4-6-9-18)21(25)17-20(10-7-11-23)22(26)24-12-13-28-15-14-27-2;1-11(2,3)18-9(15)12-6-4-5-7-8(14)17-10(16)13-7;12-9-8(11-10(13)14-9)6-7-4-2-1-3-5-7;1-7-4-5-8-3-2-6/h4-6,8-9,19-20H,3,7,10-17,23H2,1-2H3,(H,24,26);7H,4-6H2,1-3H3,(H,12,15)(H,13,16);1-5,8H,6H2,(H,11,13);2-6H2,1H3/t19-,20+;7-;8-;/m000./s1. The molecule has 4 amide bonds. The van der Waals surface area contributed by atoms with E-state index in [-0.39, 0.29) is 29.9 Å². The maximum Gasteiger partial charge on any atom is 0.415 e. The number of methoxy groups -OCH3 is 2. The number of hydrogen-bond donors (Lipinski definition) is 6. The van der Waals surface area contributed by atoms with Crippen molar-refractivity contribution in [3.63, 3.8) is 0 Å². The van der Waals surface area contributed by atoms with Crippen molar-refractivity contribution < 1.29 is 66.7 Å². The van der Waals surface area contributed by atoms with Gasteiger partial charge in [-0.3, -0.25) is 9.59 Å². The van der Waals surface area contributed by atoms with Crippen LogP contribution in [-0.2, 0) is 65.2 Å². The number of esters is 2. The summed E-state index contributed by atoms with van der Waals surface area (Å²) in [6.07, 6.45) is 2.67. The average Bonchev–Trinajstić information content (AvgIpc) is 3.81. The van der Waals surface area contributed by atoms with Crippen LogP contribution in [0.25, 0.3) is 0 Å². The highest BCUT2D eigenvalue weighted by molar-refractivity contribution is 5.96. The van der Waals surface area contributed by atoms with Gasteiger partial charge in [-0.25, -0.2) is 24.0 Å². The topological polar surface area (TPSA) is 284 Å². The first-order valence-corrected chi connectivity index (χ1v) is 23.0. The third-order valence-electron chi connectivity index (χ3n) is 9.68. The van der Waals surface area contributed by atoms with Crippen LogP contribution in [0.1, 0.15) is 77.3 Å². The number of carbonyl (C=O) groups excluding carboxylic acids is 7. The molecule has 0 unspecified atom stereocenters. The Morgan fingerprint density at radius 3 is 1.75 bits per heavy atom. The van der Waals surface area contributed by atoms with Gasteiger partial charge in [0, 0.05) is 58.5 Å². The van der Waals surface area contributed by atoms with Crippen molar-refractivity contribution in [2.24, 2.45) is 23.3 Å². The SMILES string of the molecule is CC(C)(C)OC(=O)NCCC[C@@H]1NC(=O)OC1=O.CC[C@@H](Cc1ccccc1)C(=O)C[C@@H](CCCN)C(=O)NCCOCCOC.COCCOCCN.O=C1N[C@@H](Cc2ccccc2)C(=O)O1. The Kier molecular flexibility index (Phi) is 32.5. The Morgan fingerprint density at radius 2 is 1.25 bits per heavy atom. The van der Waals surface area contributed by atoms with Gasteiger partial charge in [0.25, 0.3) is 0 Å². The minimum absolute atomic E-state index is 0.0621. The number of alkyl carbamates (subject to hydrolysis) is 3. The molecule has 4 atom stereocenters. The summed E-state index contributed by atoms with van der Waals surface area (Å²) < 4.78 is 33.7. The van der Waals surface area contributed by atoms with Crippen molar-refractivity contribution in [2.45, 2.75) is 96.7 Å². The van der Waals surface area contributed by atoms with E-state index in [0.29, 0.717) is 91.5 Å². The van der Waals surface area contributed by atoms with Crippen LogP contribution in [0.3, 0.4) is 0 Å². The van der Waals surface area contributed by atoms with E-state index in [1.807, 2.05) is 67.6 Å². The van der Waals surface area contributed by atoms with Crippen LogP contribution >= 0.6 is 0 Å². The molecule has 0 spiro atoms. The quantitative estimate of drug-likeness (QED) is 0.0322. The van der Waals surface area contributed by atoms with Gasteiger partial charge in [-0.2, -0.15) is 0 Å². The summed E-state index contributed by atoms with van der Waals surface area (Å²) in [6.45, 7) is 12.6. The van der Waals surface area contributed by atoms with Crippen molar-refractivity contribution >= 4 is 41.9 Å². The van der Waals surface area contributed by atoms with Crippen molar-refractivity contribution in [1.29, 1.82) is 0 Å². The van der Waals surface area contributed by atoms with Crippen LogP contribution in [0.2, 0.25) is 0 Å². The molecule has 0 aliphatic carbocycles. The van der Waals surface area contributed by atoms with Crippen LogP contribution in [0.4, 0.5) is 14.4 Å². The van der Waals surface area contributed by atoms with E-state index in [1.165, 1.54) is 0 Å². The van der Waals surface area contributed by atoms with E-state index < -0.39 is 47.9 Å².